The largest absolute Gasteiger partial charge is 0.335 e. The number of rotatable bonds is 4. The minimum absolute atomic E-state index is 0.0591. The Morgan fingerprint density at radius 3 is 2.88 bits per heavy atom. The second kappa shape index (κ2) is 6.88. The third-order valence-electron chi connectivity index (χ3n) is 4.53. The van der Waals surface area contributed by atoms with Crippen molar-refractivity contribution >= 4 is 5.91 Å². The maximum absolute atomic E-state index is 12.8. The highest BCUT2D eigenvalue weighted by Crippen LogP contribution is 2.21. The molecule has 3 heterocycles. The van der Waals surface area contributed by atoms with Crippen LogP contribution in [0.1, 0.15) is 34.9 Å². The molecule has 0 N–H and O–H groups in total. The van der Waals surface area contributed by atoms with Gasteiger partial charge in [0.25, 0.3) is 5.91 Å². The molecule has 3 aromatic rings. The van der Waals surface area contributed by atoms with E-state index in [0.717, 1.165) is 24.9 Å². The molecule has 0 aliphatic carbocycles. The van der Waals surface area contributed by atoms with E-state index in [1.54, 1.807) is 17.1 Å². The van der Waals surface area contributed by atoms with E-state index in [2.05, 4.69) is 15.4 Å². The SMILES string of the molecule is O=C(c1cn(Cc2ccccc2)nn1)N1CCCC(n2cccn2)C1. The number of hydrogen-bond donors (Lipinski definition) is 0. The van der Waals surface area contributed by atoms with Crippen LogP contribution in [0, 0.1) is 0 Å². The molecule has 1 aromatic carbocycles. The number of aromatic nitrogens is 5. The smallest absolute Gasteiger partial charge is 0.276 e. The van der Waals surface area contributed by atoms with Crippen LogP contribution >= 0.6 is 0 Å². The topological polar surface area (TPSA) is 68.8 Å². The molecule has 4 rings (SSSR count). The Balaban J connectivity index is 1.44. The van der Waals surface area contributed by atoms with Gasteiger partial charge in [-0.25, -0.2) is 4.68 Å². The van der Waals surface area contributed by atoms with E-state index < -0.39 is 0 Å². The fourth-order valence-corrected chi connectivity index (χ4v) is 3.26. The first kappa shape index (κ1) is 15.6. The molecule has 7 heteroatoms. The molecule has 7 nitrogen and oxygen atoms in total. The molecule has 1 amide bonds. The molecule has 0 bridgehead atoms. The van der Waals surface area contributed by atoms with Gasteiger partial charge in [-0.2, -0.15) is 5.10 Å². The number of likely N-dealkylation sites (tertiary alicyclic amines) is 1. The molecule has 1 aliphatic heterocycles. The quantitative estimate of drug-likeness (QED) is 0.731. The Morgan fingerprint density at radius 1 is 1.20 bits per heavy atom. The zero-order valence-corrected chi connectivity index (χ0v) is 13.9. The average molecular weight is 336 g/mol. The van der Waals surface area contributed by atoms with Gasteiger partial charge in [-0.05, 0) is 24.5 Å². The lowest BCUT2D eigenvalue weighted by Crippen LogP contribution is -2.41. The maximum atomic E-state index is 12.8. The monoisotopic (exact) mass is 336 g/mol. The molecule has 1 saturated heterocycles. The third-order valence-corrected chi connectivity index (χ3v) is 4.53. The zero-order chi connectivity index (χ0) is 17.1. The maximum Gasteiger partial charge on any atom is 0.276 e. The van der Waals surface area contributed by atoms with E-state index in [1.807, 2.05) is 52.2 Å². The Morgan fingerprint density at radius 2 is 2.08 bits per heavy atom. The van der Waals surface area contributed by atoms with E-state index in [0.29, 0.717) is 18.8 Å². The van der Waals surface area contributed by atoms with Crippen LogP contribution in [0.25, 0.3) is 0 Å². The predicted molar refractivity (Wildman–Crippen MR) is 92.0 cm³/mol. The molecule has 0 spiro atoms. The molecule has 1 atom stereocenters. The van der Waals surface area contributed by atoms with Crippen LogP contribution in [-0.4, -0.2) is 48.7 Å². The van der Waals surface area contributed by atoms with E-state index in [4.69, 9.17) is 0 Å². The summed E-state index contributed by atoms with van der Waals surface area (Å²) in [7, 11) is 0. The molecule has 128 valence electrons. The van der Waals surface area contributed by atoms with Gasteiger partial charge in [0.05, 0.1) is 18.8 Å². The summed E-state index contributed by atoms with van der Waals surface area (Å²) in [6, 6.07) is 12.2. The summed E-state index contributed by atoms with van der Waals surface area (Å²) in [6.45, 7) is 2.02. The minimum atomic E-state index is -0.0591. The third kappa shape index (κ3) is 3.45. The van der Waals surface area contributed by atoms with Crippen LogP contribution < -0.4 is 0 Å². The number of carbonyl (C=O) groups is 1. The number of hydrogen-bond acceptors (Lipinski definition) is 4. The van der Waals surface area contributed by atoms with Crippen molar-refractivity contribution < 1.29 is 4.79 Å². The van der Waals surface area contributed by atoms with Crippen LogP contribution in [0.4, 0.5) is 0 Å². The van der Waals surface area contributed by atoms with Crippen LogP contribution in [0.2, 0.25) is 0 Å². The molecule has 0 radical (unpaired) electrons. The first-order valence-electron chi connectivity index (χ1n) is 8.52. The van der Waals surface area contributed by atoms with Crippen LogP contribution in [0.3, 0.4) is 0 Å². The highest BCUT2D eigenvalue weighted by atomic mass is 16.2. The molecule has 1 unspecified atom stereocenters. The molecular formula is C18H20N6O. The summed E-state index contributed by atoms with van der Waals surface area (Å²) in [5.74, 6) is -0.0591. The summed E-state index contributed by atoms with van der Waals surface area (Å²) in [5.41, 5.74) is 1.53. The predicted octanol–water partition coefficient (Wildman–Crippen LogP) is 2.00. The average Bonchev–Trinajstić information content (AvgIpc) is 3.34. The van der Waals surface area contributed by atoms with Gasteiger partial charge in [-0.1, -0.05) is 35.5 Å². The van der Waals surface area contributed by atoms with Crippen molar-refractivity contribution in [3.05, 3.63) is 66.2 Å². The van der Waals surface area contributed by atoms with Crippen molar-refractivity contribution in [1.29, 1.82) is 0 Å². The second-order valence-electron chi connectivity index (χ2n) is 6.32. The fourth-order valence-electron chi connectivity index (χ4n) is 3.26. The van der Waals surface area contributed by atoms with Gasteiger partial charge in [0.2, 0.25) is 0 Å². The number of amides is 1. The van der Waals surface area contributed by atoms with Gasteiger partial charge in [-0.15, -0.1) is 5.10 Å². The lowest BCUT2D eigenvalue weighted by Gasteiger charge is -2.32. The van der Waals surface area contributed by atoms with Crippen molar-refractivity contribution in [3.63, 3.8) is 0 Å². The van der Waals surface area contributed by atoms with Gasteiger partial charge < -0.3 is 4.90 Å². The van der Waals surface area contributed by atoms with E-state index >= 15 is 0 Å². The first-order chi connectivity index (χ1) is 12.3. The molecule has 0 saturated carbocycles. The van der Waals surface area contributed by atoms with Crippen LogP contribution in [0.15, 0.2) is 55.0 Å². The number of carbonyl (C=O) groups excluding carboxylic acids is 1. The van der Waals surface area contributed by atoms with Gasteiger partial charge in [0, 0.05) is 25.5 Å². The van der Waals surface area contributed by atoms with E-state index in [9.17, 15) is 4.79 Å². The van der Waals surface area contributed by atoms with Gasteiger partial charge in [0.1, 0.15) is 0 Å². The zero-order valence-electron chi connectivity index (χ0n) is 13.9. The van der Waals surface area contributed by atoms with Gasteiger partial charge in [0.15, 0.2) is 5.69 Å². The molecular weight excluding hydrogens is 316 g/mol. The normalized spacial score (nSPS) is 17.6. The Bertz CT molecular complexity index is 826. The summed E-state index contributed by atoms with van der Waals surface area (Å²) in [4.78, 5) is 14.6. The van der Waals surface area contributed by atoms with Crippen molar-refractivity contribution in [2.24, 2.45) is 0 Å². The minimum Gasteiger partial charge on any atom is -0.335 e. The Labute approximate surface area is 145 Å². The second-order valence-corrected chi connectivity index (χ2v) is 6.32. The van der Waals surface area contributed by atoms with E-state index in [-0.39, 0.29) is 11.9 Å². The summed E-state index contributed by atoms with van der Waals surface area (Å²) >= 11 is 0. The number of nitrogens with zero attached hydrogens (tertiary/aromatic N) is 6. The summed E-state index contributed by atoms with van der Waals surface area (Å²) in [6.07, 6.45) is 7.46. The van der Waals surface area contributed by atoms with Crippen molar-refractivity contribution in [1.82, 2.24) is 29.7 Å². The summed E-state index contributed by atoms with van der Waals surface area (Å²) in [5, 5.41) is 12.5. The highest BCUT2D eigenvalue weighted by Gasteiger charge is 2.27. The molecule has 2 aromatic heterocycles. The molecule has 25 heavy (non-hydrogen) atoms. The Hall–Kier alpha value is -2.96. The standard InChI is InChI=1S/C18H20N6O/c25-18(22-10-4-8-16(13-22)24-11-5-9-19-24)17-14-23(21-20-17)12-15-6-2-1-3-7-15/h1-3,5-7,9,11,14,16H,4,8,10,12-13H2. The highest BCUT2D eigenvalue weighted by molar-refractivity contribution is 5.92. The van der Waals surface area contributed by atoms with Crippen molar-refractivity contribution in [3.8, 4) is 0 Å². The van der Waals surface area contributed by atoms with Gasteiger partial charge in [-0.3, -0.25) is 9.48 Å². The van der Waals surface area contributed by atoms with Crippen LogP contribution in [0.5, 0.6) is 0 Å². The summed E-state index contributed by atoms with van der Waals surface area (Å²) < 4.78 is 3.64. The molecule has 1 aliphatic rings. The van der Waals surface area contributed by atoms with E-state index in [1.165, 1.54) is 0 Å². The van der Waals surface area contributed by atoms with Crippen molar-refractivity contribution in [2.45, 2.75) is 25.4 Å². The van der Waals surface area contributed by atoms with Gasteiger partial charge >= 0.3 is 0 Å². The lowest BCUT2D eigenvalue weighted by molar-refractivity contribution is 0.0667. The molecule has 1 fully saturated rings. The van der Waals surface area contributed by atoms with Crippen molar-refractivity contribution in [2.75, 3.05) is 13.1 Å². The lowest BCUT2D eigenvalue weighted by atomic mass is 10.1. The number of piperidine rings is 1. The van der Waals surface area contributed by atoms with Crippen LogP contribution in [-0.2, 0) is 6.54 Å². The first-order valence-corrected chi connectivity index (χ1v) is 8.52. The fraction of sp³-hybridized carbons (Fsp3) is 0.333. The number of benzene rings is 1. The Kier molecular flexibility index (Phi) is 4.28.